The first-order valence-electron chi connectivity index (χ1n) is 9.82. The average molecular weight is 405 g/mol. The van der Waals surface area contributed by atoms with Crippen LogP contribution >= 0.6 is 0 Å². The van der Waals surface area contributed by atoms with Crippen molar-refractivity contribution in [1.82, 2.24) is 30.6 Å². The molecule has 0 aliphatic heterocycles. The summed E-state index contributed by atoms with van der Waals surface area (Å²) in [4.78, 5) is 40.4. The van der Waals surface area contributed by atoms with Crippen molar-refractivity contribution in [2.75, 3.05) is 18.8 Å². The van der Waals surface area contributed by atoms with E-state index in [0.29, 0.717) is 43.3 Å². The van der Waals surface area contributed by atoms with Gasteiger partial charge in [-0.1, -0.05) is 12.1 Å². The highest BCUT2D eigenvalue weighted by atomic mass is 16.2. The highest BCUT2D eigenvalue weighted by molar-refractivity contribution is 5.92. The van der Waals surface area contributed by atoms with Crippen molar-refractivity contribution >= 4 is 17.8 Å². The summed E-state index contributed by atoms with van der Waals surface area (Å²) >= 11 is 0. The predicted octanol–water partition coefficient (Wildman–Crippen LogP) is 0.973. The average Bonchev–Trinajstić information content (AvgIpc) is 3.15. The number of pyridine rings is 2. The molecule has 5 N–H and O–H groups in total. The lowest BCUT2D eigenvalue weighted by molar-refractivity contribution is 0.0910. The van der Waals surface area contributed by atoms with Crippen molar-refractivity contribution in [1.29, 1.82) is 0 Å². The van der Waals surface area contributed by atoms with Gasteiger partial charge in [0.05, 0.1) is 5.69 Å². The number of hydrogen-bond donors (Lipinski definition) is 4. The second kappa shape index (κ2) is 8.73. The van der Waals surface area contributed by atoms with Crippen LogP contribution in [0.4, 0.5) is 5.95 Å². The van der Waals surface area contributed by atoms with Crippen LogP contribution in [0.15, 0.2) is 48.8 Å². The standard InChI is InChI=1S/C21H23N7O2/c22-21-27-17-9-13(11-25-19(29)15-5-1-3-7-23-15)14(10-18(17)28-21)12-26-20(30)16-6-2-4-8-24-16/h1-8,13-14H,9-12H2,(H,25,29)(H,26,30)(H3,22,27,28). The van der Waals surface area contributed by atoms with E-state index in [1.54, 1.807) is 48.8 Å². The molecular formula is C21H23N7O2. The van der Waals surface area contributed by atoms with E-state index in [9.17, 15) is 9.59 Å². The zero-order valence-electron chi connectivity index (χ0n) is 16.3. The lowest BCUT2D eigenvalue weighted by atomic mass is 9.79. The van der Waals surface area contributed by atoms with Crippen LogP contribution in [0.3, 0.4) is 0 Å². The molecule has 0 radical (unpaired) electrons. The molecule has 0 bridgehead atoms. The fraction of sp³-hybridized carbons (Fsp3) is 0.286. The van der Waals surface area contributed by atoms with E-state index in [1.807, 2.05) is 0 Å². The highest BCUT2D eigenvalue weighted by Crippen LogP contribution is 2.29. The van der Waals surface area contributed by atoms with E-state index in [0.717, 1.165) is 11.4 Å². The molecule has 30 heavy (non-hydrogen) atoms. The number of aromatic amines is 1. The Labute approximate surface area is 173 Å². The van der Waals surface area contributed by atoms with Crippen molar-refractivity contribution in [2.45, 2.75) is 12.8 Å². The lowest BCUT2D eigenvalue weighted by Crippen LogP contribution is -2.42. The smallest absolute Gasteiger partial charge is 0.269 e. The minimum Gasteiger partial charge on any atom is -0.369 e. The number of carbonyl (C=O) groups excluding carboxylic acids is 2. The van der Waals surface area contributed by atoms with Crippen LogP contribution in [-0.4, -0.2) is 44.8 Å². The Bertz CT molecular complexity index is 939. The maximum Gasteiger partial charge on any atom is 0.269 e. The van der Waals surface area contributed by atoms with E-state index in [-0.39, 0.29) is 23.7 Å². The minimum absolute atomic E-state index is 0.0943. The number of aromatic nitrogens is 4. The maximum absolute atomic E-state index is 12.4. The number of hydrogen-bond acceptors (Lipinski definition) is 6. The first kappa shape index (κ1) is 19.6. The third-order valence-corrected chi connectivity index (χ3v) is 5.32. The molecule has 9 nitrogen and oxygen atoms in total. The molecule has 2 atom stereocenters. The van der Waals surface area contributed by atoms with Gasteiger partial charge in [0.25, 0.3) is 11.8 Å². The summed E-state index contributed by atoms with van der Waals surface area (Å²) in [6.45, 7) is 0.906. The topological polar surface area (TPSA) is 139 Å². The van der Waals surface area contributed by atoms with Gasteiger partial charge in [-0.15, -0.1) is 0 Å². The fourth-order valence-corrected chi connectivity index (χ4v) is 3.75. The Kier molecular flexibility index (Phi) is 5.69. The molecule has 1 aliphatic carbocycles. The number of nitrogens with zero attached hydrogens (tertiary/aromatic N) is 3. The molecule has 3 aromatic heterocycles. The zero-order valence-corrected chi connectivity index (χ0v) is 16.3. The van der Waals surface area contributed by atoms with Gasteiger partial charge in [-0.2, -0.15) is 0 Å². The molecule has 2 unspecified atom stereocenters. The number of imidazole rings is 1. The number of carbonyl (C=O) groups is 2. The first-order valence-corrected chi connectivity index (χ1v) is 9.82. The largest absolute Gasteiger partial charge is 0.369 e. The minimum atomic E-state index is -0.223. The number of nitrogen functional groups attached to an aromatic ring is 1. The molecule has 3 aromatic rings. The SMILES string of the molecule is Nc1nc2c([nH]1)CC(CNC(=O)c1ccccn1)C(CNC(=O)c1ccccn1)C2. The summed E-state index contributed by atoms with van der Waals surface area (Å²) in [5.41, 5.74) is 8.47. The van der Waals surface area contributed by atoms with Crippen LogP contribution in [0.1, 0.15) is 32.4 Å². The fourth-order valence-electron chi connectivity index (χ4n) is 3.75. The van der Waals surface area contributed by atoms with Crippen LogP contribution < -0.4 is 16.4 Å². The van der Waals surface area contributed by atoms with Crippen molar-refractivity contribution in [2.24, 2.45) is 11.8 Å². The highest BCUT2D eigenvalue weighted by Gasteiger charge is 2.31. The summed E-state index contributed by atoms with van der Waals surface area (Å²) in [7, 11) is 0. The third-order valence-electron chi connectivity index (χ3n) is 5.32. The molecule has 0 aromatic carbocycles. The van der Waals surface area contributed by atoms with E-state index < -0.39 is 0 Å². The van der Waals surface area contributed by atoms with Crippen LogP contribution in [0.2, 0.25) is 0 Å². The molecule has 1 aliphatic rings. The van der Waals surface area contributed by atoms with Gasteiger partial charge in [0.1, 0.15) is 11.4 Å². The number of H-pyrrole nitrogens is 1. The Morgan fingerprint density at radius 1 is 0.933 bits per heavy atom. The van der Waals surface area contributed by atoms with Gasteiger partial charge >= 0.3 is 0 Å². The number of amides is 2. The molecule has 9 heteroatoms. The molecule has 0 saturated carbocycles. The van der Waals surface area contributed by atoms with Crippen LogP contribution in [-0.2, 0) is 12.8 Å². The summed E-state index contributed by atoms with van der Waals surface area (Å²) in [6, 6.07) is 10.4. The molecule has 0 fully saturated rings. The van der Waals surface area contributed by atoms with Crippen molar-refractivity contribution < 1.29 is 9.59 Å². The number of anilines is 1. The second-order valence-corrected chi connectivity index (χ2v) is 7.33. The first-order chi connectivity index (χ1) is 14.6. The Morgan fingerprint density at radius 3 is 2.03 bits per heavy atom. The van der Waals surface area contributed by atoms with Gasteiger partial charge in [-0.3, -0.25) is 19.6 Å². The van der Waals surface area contributed by atoms with E-state index >= 15 is 0 Å². The summed E-state index contributed by atoms with van der Waals surface area (Å²) < 4.78 is 0. The Balaban J connectivity index is 1.43. The molecule has 0 saturated heterocycles. The van der Waals surface area contributed by atoms with E-state index in [2.05, 4.69) is 30.6 Å². The zero-order chi connectivity index (χ0) is 20.9. The second-order valence-electron chi connectivity index (χ2n) is 7.33. The molecular weight excluding hydrogens is 382 g/mol. The normalized spacial score (nSPS) is 17.7. The quantitative estimate of drug-likeness (QED) is 0.482. The number of nitrogens with two attached hydrogens (primary N) is 1. The van der Waals surface area contributed by atoms with Crippen LogP contribution in [0, 0.1) is 11.8 Å². The molecule has 2 amide bonds. The molecule has 4 rings (SSSR count). The number of rotatable bonds is 6. The monoisotopic (exact) mass is 405 g/mol. The molecule has 154 valence electrons. The van der Waals surface area contributed by atoms with Crippen LogP contribution in [0.5, 0.6) is 0 Å². The summed E-state index contributed by atoms with van der Waals surface area (Å²) in [6.07, 6.45) is 4.52. The van der Waals surface area contributed by atoms with Crippen molar-refractivity contribution in [3.8, 4) is 0 Å². The van der Waals surface area contributed by atoms with Gasteiger partial charge in [0, 0.05) is 31.2 Å². The maximum atomic E-state index is 12.4. The third kappa shape index (κ3) is 4.45. The van der Waals surface area contributed by atoms with Crippen molar-refractivity contribution in [3.63, 3.8) is 0 Å². The van der Waals surface area contributed by atoms with Gasteiger partial charge in [0.15, 0.2) is 5.95 Å². The number of fused-ring (bicyclic) bond motifs is 1. The lowest BCUT2D eigenvalue weighted by Gasteiger charge is -2.31. The molecule has 3 heterocycles. The van der Waals surface area contributed by atoms with Gasteiger partial charge in [-0.25, -0.2) is 4.98 Å². The summed E-state index contributed by atoms with van der Waals surface area (Å²) in [5, 5.41) is 5.92. The Hall–Kier alpha value is -3.75. The van der Waals surface area contributed by atoms with Crippen LogP contribution in [0.25, 0.3) is 0 Å². The van der Waals surface area contributed by atoms with Gasteiger partial charge in [0.2, 0.25) is 0 Å². The Morgan fingerprint density at radius 2 is 1.50 bits per heavy atom. The predicted molar refractivity (Wildman–Crippen MR) is 111 cm³/mol. The van der Waals surface area contributed by atoms with Gasteiger partial charge < -0.3 is 21.4 Å². The van der Waals surface area contributed by atoms with E-state index in [4.69, 9.17) is 5.73 Å². The van der Waals surface area contributed by atoms with E-state index in [1.165, 1.54) is 0 Å². The molecule has 0 spiro atoms. The van der Waals surface area contributed by atoms with Gasteiger partial charge in [-0.05, 0) is 48.9 Å². The summed E-state index contributed by atoms with van der Waals surface area (Å²) in [5.74, 6) is 0.140. The van der Waals surface area contributed by atoms with Crippen molar-refractivity contribution in [3.05, 3.63) is 71.6 Å². The number of nitrogens with one attached hydrogen (secondary N) is 3.